The fourth-order valence-corrected chi connectivity index (χ4v) is 2.66. The zero-order valence-corrected chi connectivity index (χ0v) is 11.5. The molecule has 2 nitrogen and oxygen atoms in total. The summed E-state index contributed by atoms with van der Waals surface area (Å²) in [5, 5.41) is 0.772. The van der Waals surface area contributed by atoms with Crippen molar-refractivity contribution in [3.8, 4) is 5.75 Å². The summed E-state index contributed by atoms with van der Waals surface area (Å²) in [6, 6.07) is 14.0. The van der Waals surface area contributed by atoms with E-state index in [1.54, 1.807) is 0 Å². The number of para-hydroxylation sites is 1. The first-order chi connectivity index (χ1) is 9.15. The molecular formula is C16H16ClNO. The van der Waals surface area contributed by atoms with Gasteiger partial charge in [-0.3, -0.25) is 0 Å². The monoisotopic (exact) mass is 273 g/mol. The Hall–Kier alpha value is -1.51. The van der Waals surface area contributed by atoms with Gasteiger partial charge in [0.1, 0.15) is 11.9 Å². The SMILES string of the molecule is Cc1ccc(C2CC(N)c3ccccc3O2)cc1Cl. The summed E-state index contributed by atoms with van der Waals surface area (Å²) in [4.78, 5) is 0. The smallest absolute Gasteiger partial charge is 0.126 e. The second-order valence-corrected chi connectivity index (χ2v) is 5.40. The van der Waals surface area contributed by atoms with E-state index in [-0.39, 0.29) is 12.1 Å². The molecule has 98 valence electrons. The minimum atomic E-state index is -0.0250. The van der Waals surface area contributed by atoms with E-state index in [0.717, 1.165) is 33.9 Å². The Balaban J connectivity index is 1.94. The lowest BCUT2D eigenvalue weighted by Crippen LogP contribution is -2.24. The van der Waals surface area contributed by atoms with Crippen LogP contribution in [0, 0.1) is 6.92 Å². The molecule has 0 fully saturated rings. The minimum Gasteiger partial charge on any atom is -0.485 e. The fourth-order valence-electron chi connectivity index (χ4n) is 2.47. The van der Waals surface area contributed by atoms with Gasteiger partial charge in [-0.2, -0.15) is 0 Å². The van der Waals surface area contributed by atoms with Gasteiger partial charge in [-0.05, 0) is 30.2 Å². The molecule has 0 bridgehead atoms. The molecule has 0 saturated carbocycles. The second-order valence-electron chi connectivity index (χ2n) is 5.00. The lowest BCUT2D eigenvalue weighted by atomic mass is 9.93. The highest BCUT2D eigenvalue weighted by Crippen LogP contribution is 2.39. The van der Waals surface area contributed by atoms with Crippen molar-refractivity contribution in [2.24, 2.45) is 5.73 Å². The molecule has 19 heavy (non-hydrogen) atoms. The molecule has 2 aromatic carbocycles. The molecule has 0 aliphatic carbocycles. The molecule has 2 N–H and O–H groups in total. The number of halogens is 1. The molecule has 2 aromatic rings. The van der Waals surface area contributed by atoms with Gasteiger partial charge in [0.05, 0.1) is 0 Å². The van der Waals surface area contributed by atoms with Crippen LogP contribution in [-0.4, -0.2) is 0 Å². The van der Waals surface area contributed by atoms with E-state index in [2.05, 4.69) is 6.07 Å². The molecule has 2 atom stereocenters. The summed E-state index contributed by atoms with van der Waals surface area (Å²) in [6.45, 7) is 1.99. The van der Waals surface area contributed by atoms with Crippen molar-refractivity contribution >= 4 is 11.6 Å². The second kappa shape index (κ2) is 4.87. The van der Waals surface area contributed by atoms with Gasteiger partial charge in [0.2, 0.25) is 0 Å². The van der Waals surface area contributed by atoms with Crippen LogP contribution in [0.4, 0.5) is 0 Å². The Morgan fingerprint density at radius 1 is 1.21 bits per heavy atom. The highest BCUT2D eigenvalue weighted by Gasteiger charge is 2.26. The lowest BCUT2D eigenvalue weighted by Gasteiger charge is -2.30. The normalized spacial score (nSPS) is 21.6. The summed E-state index contributed by atoms with van der Waals surface area (Å²) in [5.74, 6) is 0.878. The highest BCUT2D eigenvalue weighted by molar-refractivity contribution is 6.31. The average Bonchev–Trinajstić information content (AvgIpc) is 2.42. The van der Waals surface area contributed by atoms with E-state index in [0.29, 0.717) is 0 Å². The van der Waals surface area contributed by atoms with Crippen LogP contribution in [0.3, 0.4) is 0 Å². The van der Waals surface area contributed by atoms with Crippen LogP contribution in [0.2, 0.25) is 5.02 Å². The third-order valence-electron chi connectivity index (χ3n) is 3.62. The van der Waals surface area contributed by atoms with Crippen molar-refractivity contribution in [3.63, 3.8) is 0 Å². The summed E-state index contributed by atoms with van der Waals surface area (Å²) in [7, 11) is 0. The molecule has 0 spiro atoms. The van der Waals surface area contributed by atoms with Gasteiger partial charge in [0, 0.05) is 23.0 Å². The van der Waals surface area contributed by atoms with Crippen LogP contribution < -0.4 is 10.5 Å². The van der Waals surface area contributed by atoms with Gasteiger partial charge in [0.25, 0.3) is 0 Å². The zero-order valence-electron chi connectivity index (χ0n) is 10.8. The third kappa shape index (κ3) is 2.34. The van der Waals surface area contributed by atoms with Gasteiger partial charge in [-0.25, -0.2) is 0 Å². The van der Waals surface area contributed by atoms with E-state index < -0.39 is 0 Å². The van der Waals surface area contributed by atoms with E-state index in [1.165, 1.54) is 0 Å². The van der Waals surface area contributed by atoms with E-state index in [9.17, 15) is 0 Å². The number of benzene rings is 2. The zero-order chi connectivity index (χ0) is 13.4. The summed E-state index contributed by atoms with van der Waals surface area (Å²) < 4.78 is 6.04. The van der Waals surface area contributed by atoms with Gasteiger partial charge in [-0.1, -0.05) is 41.9 Å². The number of fused-ring (bicyclic) bond motifs is 1. The first kappa shape index (κ1) is 12.5. The van der Waals surface area contributed by atoms with Crippen LogP contribution >= 0.6 is 11.6 Å². The Bertz CT molecular complexity index is 611. The Labute approximate surface area is 118 Å². The standard InChI is InChI=1S/C16H16ClNO/c1-10-6-7-11(8-13(10)17)16-9-14(18)12-4-2-3-5-15(12)19-16/h2-8,14,16H,9,18H2,1H3. The van der Waals surface area contributed by atoms with Crippen molar-refractivity contribution < 1.29 is 4.74 Å². The first-order valence-corrected chi connectivity index (χ1v) is 6.80. The summed E-state index contributed by atoms with van der Waals surface area (Å²) >= 11 is 6.18. The topological polar surface area (TPSA) is 35.2 Å². The number of ether oxygens (including phenoxy) is 1. The molecular weight excluding hydrogens is 258 g/mol. The number of rotatable bonds is 1. The average molecular weight is 274 g/mol. The largest absolute Gasteiger partial charge is 0.485 e. The van der Waals surface area contributed by atoms with E-state index >= 15 is 0 Å². The van der Waals surface area contributed by atoms with Crippen LogP contribution in [0.25, 0.3) is 0 Å². The number of hydrogen-bond acceptors (Lipinski definition) is 2. The molecule has 1 aliphatic heterocycles. The van der Waals surface area contributed by atoms with Gasteiger partial charge < -0.3 is 10.5 Å². The van der Waals surface area contributed by atoms with E-state index in [1.807, 2.05) is 43.3 Å². The minimum absolute atomic E-state index is 0.00929. The molecule has 0 radical (unpaired) electrons. The van der Waals surface area contributed by atoms with E-state index in [4.69, 9.17) is 22.1 Å². The summed E-state index contributed by atoms with van der Waals surface area (Å²) in [5.41, 5.74) is 9.47. The molecule has 3 heteroatoms. The van der Waals surface area contributed by atoms with Crippen LogP contribution in [-0.2, 0) is 0 Å². The molecule has 0 amide bonds. The Kier molecular flexibility index (Phi) is 3.21. The molecule has 3 rings (SSSR count). The van der Waals surface area contributed by atoms with Crippen molar-refractivity contribution in [1.29, 1.82) is 0 Å². The lowest BCUT2D eigenvalue weighted by molar-refractivity contribution is 0.161. The van der Waals surface area contributed by atoms with Crippen molar-refractivity contribution in [2.75, 3.05) is 0 Å². The predicted molar refractivity (Wildman–Crippen MR) is 77.5 cm³/mol. The van der Waals surface area contributed by atoms with Crippen molar-refractivity contribution in [2.45, 2.75) is 25.5 Å². The number of nitrogens with two attached hydrogens (primary N) is 1. The number of hydrogen-bond donors (Lipinski definition) is 1. The molecule has 0 saturated heterocycles. The first-order valence-electron chi connectivity index (χ1n) is 6.42. The maximum Gasteiger partial charge on any atom is 0.126 e. The maximum absolute atomic E-state index is 6.23. The number of aryl methyl sites for hydroxylation is 1. The van der Waals surface area contributed by atoms with Crippen molar-refractivity contribution in [1.82, 2.24) is 0 Å². The molecule has 0 aromatic heterocycles. The summed E-state index contributed by atoms with van der Waals surface area (Å²) in [6.07, 6.45) is 0.749. The van der Waals surface area contributed by atoms with Gasteiger partial charge >= 0.3 is 0 Å². The highest BCUT2D eigenvalue weighted by atomic mass is 35.5. The van der Waals surface area contributed by atoms with Crippen LogP contribution in [0.1, 0.15) is 35.3 Å². The quantitative estimate of drug-likeness (QED) is 0.846. The van der Waals surface area contributed by atoms with Crippen molar-refractivity contribution in [3.05, 3.63) is 64.2 Å². The predicted octanol–water partition coefficient (Wildman–Crippen LogP) is 4.17. The molecule has 2 unspecified atom stereocenters. The third-order valence-corrected chi connectivity index (χ3v) is 4.03. The van der Waals surface area contributed by atoms with Crippen LogP contribution in [0.15, 0.2) is 42.5 Å². The molecule has 1 heterocycles. The maximum atomic E-state index is 6.23. The Morgan fingerprint density at radius 2 is 2.00 bits per heavy atom. The molecule has 1 aliphatic rings. The van der Waals surface area contributed by atoms with Crippen LogP contribution in [0.5, 0.6) is 5.75 Å². The Morgan fingerprint density at radius 3 is 2.79 bits per heavy atom. The van der Waals surface area contributed by atoms with Gasteiger partial charge in [0.15, 0.2) is 0 Å². The van der Waals surface area contributed by atoms with Gasteiger partial charge in [-0.15, -0.1) is 0 Å². The fraction of sp³-hybridized carbons (Fsp3) is 0.250.